The van der Waals surface area contributed by atoms with Gasteiger partial charge < -0.3 is 0 Å². The minimum Gasteiger partial charge on any atom is -0.193 e. The van der Waals surface area contributed by atoms with E-state index in [0.717, 1.165) is 4.05 Å². The van der Waals surface area contributed by atoms with Gasteiger partial charge in [0.25, 0.3) is 0 Å². The van der Waals surface area contributed by atoms with Gasteiger partial charge in [-0.3, -0.25) is 0 Å². The minimum atomic E-state index is -0.288. The summed E-state index contributed by atoms with van der Waals surface area (Å²) in [6.45, 7) is 0. The molecule has 2 saturated heterocycles. The fourth-order valence-corrected chi connectivity index (χ4v) is 6.89. The second-order valence-electron chi connectivity index (χ2n) is 2.06. The Kier molecular flexibility index (Phi) is 0.774. The van der Waals surface area contributed by atoms with Crippen LogP contribution in [0.25, 0.3) is 0 Å². The summed E-state index contributed by atoms with van der Waals surface area (Å²) in [5, 5.41) is 0. The quantitative estimate of drug-likeness (QED) is 0.289. The number of hydrazine groups is 1. The van der Waals surface area contributed by atoms with Gasteiger partial charge in [0.1, 0.15) is 0 Å². The monoisotopic (exact) mass is 230 g/mol. The molecule has 0 amide bonds. The average molecular weight is 230 g/mol. The van der Waals surface area contributed by atoms with Crippen molar-refractivity contribution in [3.63, 3.8) is 0 Å². The van der Waals surface area contributed by atoms with Crippen LogP contribution in [-0.4, -0.2) is 20.5 Å². The summed E-state index contributed by atoms with van der Waals surface area (Å²) in [6.07, 6.45) is 2.31. The first kappa shape index (κ1) is 4.84. The zero-order chi connectivity index (χ0) is 5.07. The minimum absolute atomic E-state index is 0.288. The third kappa shape index (κ3) is 0.485. The second-order valence-corrected chi connectivity index (χ2v) is 6.49. The molecule has 0 aromatic heterocycles. The molecule has 1 N–H and O–H groups in total. The Morgan fingerprint density at radius 2 is 2.71 bits per heavy atom. The van der Waals surface area contributed by atoms with Crippen molar-refractivity contribution in [1.82, 2.24) is 9.25 Å². The molecule has 42 valence electrons. The van der Waals surface area contributed by atoms with E-state index in [1.807, 2.05) is 0 Å². The zero-order valence-corrected chi connectivity index (χ0v) is 6.99. The number of hydrogen-bond acceptors (Lipinski definition) is 2. The van der Waals surface area contributed by atoms with Gasteiger partial charge in [-0.05, 0) is 6.26 Å². The van der Waals surface area contributed by atoms with Crippen molar-refractivity contribution < 1.29 is 0 Å². The molecular weight excluding hydrogens is 223 g/mol. The SMILES string of the molecule is CS12CC(I)[N@]1N2. The average Bonchev–Trinajstić information content (AvgIpc) is 2.10. The molecule has 2 nitrogen and oxygen atoms in total. The Balaban J connectivity index is 2.12. The Morgan fingerprint density at radius 1 is 2.00 bits per heavy atom. The highest BCUT2D eigenvalue weighted by molar-refractivity contribution is 14.1. The predicted molar refractivity (Wildman–Crippen MR) is 41.2 cm³/mol. The van der Waals surface area contributed by atoms with E-state index in [2.05, 4.69) is 38.1 Å². The normalized spacial score (nSPS) is 75.1. The number of hydrogen-bond donors (Lipinski definition) is 1. The van der Waals surface area contributed by atoms with Crippen LogP contribution in [0.3, 0.4) is 0 Å². The molecule has 2 heterocycles. The number of nitrogens with one attached hydrogen (secondary N) is 1. The third-order valence-electron chi connectivity index (χ3n) is 1.40. The first-order chi connectivity index (χ1) is 3.22. The van der Waals surface area contributed by atoms with E-state index in [1.54, 1.807) is 0 Å². The molecule has 2 fully saturated rings. The van der Waals surface area contributed by atoms with Crippen molar-refractivity contribution >= 4 is 33.0 Å². The van der Waals surface area contributed by atoms with Gasteiger partial charge in [-0.15, -0.1) is 10.4 Å². The second kappa shape index (κ2) is 1.12. The van der Waals surface area contributed by atoms with E-state index >= 15 is 0 Å². The number of nitrogens with zero attached hydrogens (tertiary/aromatic N) is 1. The zero-order valence-electron chi connectivity index (χ0n) is 4.02. The van der Waals surface area contributed by atoms with E-state index in [0.29, 0.717) is 0 Å². The van der Waals surface area contributed by atoms with Crippen LogP contribution in [-0.2, 0) is 0 Å². The lowest BCUT2D eigenvalue weighted by atomic mass is 10.8. The van der Waals surface area contributed by atoms with Crippen molar-refractivity contribution in [2.45, 2.75) is 4.05 Å². The summed E-state index contributed by atoms with van der Waals surface area (Å²) in [5.41, 5.74) is 0. The van der Waals surface area contributed by atoms with Gasteiger partial charge >= 0.3 is 0 Å². The highest BCUT2D eigenvalue weighted by Crippen LogP contribution is 2.68. The molecule has 0 aliphatic carbocycles. The highest BCUT2D eigenvalue weighted by atomic mass is 127. The highest BCUT2D eigenvalue weighted by Gasteiger charge is 2.57. The van der Waals surface area contributed by atoms with Crippen LogP contribution < -0.4 is 4.83 Å². The van der Waals surface area contributed by atoms with Crippen LogP contribution >= 0.6 is 33.0 Å². The smallest absolute Gasteiger partial charge is 0.0974 e. The third-order valence-corrected chi connectivity index (χ3v) is 5.97. The summed E-state index contributed by atoms with van der Waals surface area (Å²) >= 11 is 2.46. The van der Waals surface area contributed by atoms with E-state index in [-0.39, 0.29) is 10.4 Å². The Hall–Kier alpha value is 1.00. The lowest BCUT2D eigenvalue weighted by molar-refractivity contribution is 0.544. The standard InChI is InChI=1S/C3H7IN2S/c1-7-2-3(4)6(7)5-7/h3,5H,2H2,1H3/t3?,6-/m1/s1. The fraction of sp³-hybridized carbons (Fsp3) is 1.00. The molecule has 3 atom stereocenters. The molecule has 0 aromatic rings. The summed E-state index contributed by atoms with van der Waals surface area (Å²) in [5.74, 6) is 1.40. The number of alkyl halides is 1. The molecule has 0 radical (unpaired) electrons. The lowest BCUT2D eigenvalue weighted by Gasteiger charge is -2.27. The Bertz CT molecular complexity index is 120. The van der Waals surface area contributed by atoms with Crippen LogP contribution in [0.1, 0.15) is 0 Å². The van der Waals surface area contributed by atoms with Gasteiger partial charge in [0.05, 0.1) is 4.05 Å². The van der Waals surface area contributed by atoms with Gasteiger partial charge in [-0.2, -0.15) is 9.25 Å². The first-order valence-electron chi connectivity index (χ1n) is 2.19. The first-order valence-corrected chi connectivity index (χ1v) is 5.60. The maximum absolute atomic E-state index is 3.34. The molecule has 0 bridgehead atoms. The van der Waals surface area contributed by atoms with Gasteiger partial charge in [-0.1, -0.05) is 22.6 Å². The van der Waals surface area contributed by atoms with Crippen molar-refractivity contribution in [2.24, 2.45) is 0 Å². The van der Waals surface area contributed by atoms with Crippen LogP contribution in [0.4, 0.5) is 0 Å². The molecule has 7 heavy (non-hydrogen) atoms. The van der Waals surface area contributed by atoms with Crippen molar-refractivity contribution in [3.8, 4) is 0 Å². The largest absolute Gasteiger partial charge is 0.193 e. The summed E-state index contributed by atoms with van der Waals surface area (Å²) < 4.78 is 3.16. The predicted octanol–water partition coefficient (Wildman–Crippen LogP) is 0.846. The molecule has 0 saturated carbocycles. The van der Waals surface area contributed by atoms with Crippen molar-refractivity contribution in [1.29, 1.82) is 0 Å². The van der Waals surface area contributed by atoms with Gasteiger partial charge in [-0.25, -0.2) is 0 Å². The Morgan fingerprint density at radius 3 is 2.71 bits per heavy atom. The molecule has 4 heteroatoms. The van der Waals surface area contributed by atoms with E-state index in [4.69, 9.17) is 0 Å². The van der Waals surface area contributed by atoms with Crippen molar-refractivity contribution in [3.05, 3.63) is 0 Å². The number of rotatable bonds is 0. The number of halogens is 1. The molecule has 2 rings (SSSR count). The van der Waals surface area contributed by atoms with E-state index in [1.165, 1.54) is 5.75 Å². The summed E-state index contributed by atoms with van der Waals surface area (Å²) in [6, 6.07) is 0. The summed E-state index contributed by atoms with van der Waals surface area (Å²) in [7, 11) is -0.288. The van der Waals surface area contributed by atoms with Crippen molar-refractivity contribution in [2.75, 3.05) is 12.0 Å². The van der Waals surface area contributed by atoms with Crippen LogP contribution in [0.15, 0.2) is 0 Å². The van der Waals surface area contributed by atoms with Crippen LogP contribution in [0, 0.1) is 0 Å². The molecule has 0 spiro atoms. The summed E-state index contributed by atoms with van der Waals surface area (Å²) in [4.78, 5) is 3.34. The Labute approximate surface area is 58.3 Å². The van der Waals surface area contributed by atoms with Gasteiger partial charge in [0.2, 0.25) is 0 Å². The lowest BCUT2D eigenvalue weighted by Crippen LogP contribution is -2.26. The van der Waals surface area contributed by atoms with E-state index in [9.17, 15) is 0 Å². The van der Waals surface area contributed by atoms with E-state index < -0.39 is 0 Å². The number of fused-ring (bicyclic) bond motifs is 1. The molecule has 2 aliphatic heterocycles. The maximum Gasteiger partial charge on any atom is 0.0974 e. The topological polar surface area (TPSA) is 25.0 Å². The van der Waals surface area contributed by atoms with Crippen LogP contribution in [0.2, 0.25) is 0 Å². The molecule has 2 aliphatic rings. The van der Waals surface area contributed by atoms with Crippen LogP contribution in [0.5, 0.6) is 0 Å². The fourth-order valence-electron chi connectivity index (χ4n) is 0.855. The maximum atomic E-state index is 3.34. The van der Waals surface area contributed by atoms with Gasteiger partial charge in [0, 0.05) is 5.75 Å². The molecule has 0 aromatic carbocycles. The molecular formula is C3H7IN2S. The van der Waals surface area contributed by atoms with Gasteiger partial charge in [0.15, 0.2) is 0 Å². The molecule has 2 unspecified atom stereocenters.